The fraction of sp³-hybridized carbons (Fsp3) is 0.407. The number of ketones is 1. The first kappa shape index (κ1) is 24.4. The van der Waals surface area contributed by atoms with Crippen LogP contribution in [0.4, 0.5) is 0 Å². The van der Waals surface area contributed by atoms with Gasteiger partial charge in [-0.15, -0.1) is 0 Å². The average Bonchev–Trinajstić information content (AvgIpc) is 3.02. The van der Waals surface area contributed by atoms with Gasteiger partial charge in [0.25, 0.3) is 11.7 Å². The number of aromatic hydroxyl groups is 1. The van der Waals surface area contributed by atoms with E-state index in [2.05, 4.69) is 27.7 Å². The molecule has 0 radical (unpaired) electrons. The molecule has 1 atom stereocenters. The van der Waals surface area contributed by atoms with Crippen molar-refractivity contribution < 1.29 is 24.5 Å². The van der Waals surface area contributed by atoms with E-state index in [9.17, 15) is 19.8 Å². The summed E-state index contributed by atoms with van der Waals surface area (Å²) in [6.07, 6.45) is 2.62. The molecule has 1 saturated heterocycles. The van der Waals surface area contributed by atoms with E-state index in [0.29, 0.717) is 23.4 Å². The number of carbonyl (C=O) groups is 2. The van der Waals surface area contributed by atoms with Gasteiger partial charge in [0.2, 0.25) is 0 Å². The maximum atomic E-state index is 13.2. The second-order valence-electron chi connectivity index (χ2n) is 9.46. The van der Waals surface area contributed by atoms with Gasteiger partial charge in [0.1, 0.15) is 17.3 Å². The number of rotatable bonds is 7. The maximum Gasteiger partial charge on any atom is 0.295 e. The summed E-state index contributed by atoms with van der Waals surface area (Å²) in [5.74, 6) is -1.22. The minimum atomic E-state index is -0.794. The van der Waals surface area contributed by atoms with Gasteiger partial charge >= 0.3 is 0 Å². The van der Waals surface area contributed by atoms with Crippen LogP contribution in [0.15, 0.2) is 48.0 Å². The van der Waals surface area contributed by atoms with Crippen molar-refractivity contribution in [2.45, 2.75) is 58.4 Å². The summed E-state index contributed by atoms with van der Waals surface area (Å²) in [6, 6.07) is 11.2. The maximum absolute atomic E-state index is 13.2. The lowest BCUT2D eigenvalue weighted by Gasteiger charge is -2.26. The number of likely N-dealkylation sites (tertiary alicyclic amines) is 1. The number of benzene rings is 2. The quantitative estimate of drug-likeness (QED) is 0.258. The molecule has 2 aromatic rings. The highest BCUT2D eigenvalue weighted by molar-refractivity contribution is 6.46. The Labute approximate surface area is 195 Å². The average molecular weight is 452 g/mol. The summed E-state index contributed by atoms with van der Waals surface area (Å²) in [4.78, 5) is 27.7. The topological polar surface area (TPSA) is 87.1 Å². The first-order valence-electron chi connectivity index (χ1n) is 11.4. The number of methoxy groups -OCH3 is 1. The third-order valence-electron chi connectivity index (χ3n) is 6.05. The first-order valence-corrected chi connectivity index (χ1v) is 11.4. The van der Waals surface area contributed by atoms with E-state index in [1.807, 2.05) is 6.07 Å². The summed E-state index contributed by atoms with van der Waals surface area (Å²) in [5, 5.41) is 21.5. The molecule has 1 fully saturated rings. The van der Waals surface area contributed by atoms with Crippen molar-refractivity contribution in [1.29, 1.82) is 0 Å². The molecule has 176 valence electrons. The largest absolute Gasteiger partial charge is 0.508 e. The van der Waals surface area contributed by atoms with Gasteiger partial charge in [-0.25, -0.2) is 0 Å². The lowest BCUT2D eigenvalue weighted by Crippen LogP contribution is -2.30. The number of Topliss-reactive ketones (excluding diaryl/α,β-unsaturated/α-hetero) is 1. The Kier molecular flexibility index (Phi) is 7.15. The lowest BCUT2D eigenvalue weighted by atomic mass is 9.85. The number of carbonyl (C=O) groups excluding carboxylic acids is 2. The van der Waals surface area contributed by atoms with Crippen LogP contribution in [0.25, 0.3) is 5.76 Å². The van der Waals surface area contributed by atoms with Crippen molar-refractivity contribution in [2.75, 3.05) is 13.7 Å². The predicted molar refractivity (Wildman–Crippen MR) is 128 cm³/mol. The van der Waals surface area contributed by atoms with Gasteiger partial charge in [-0.3, -0.25) is 9.59 Å². The van der Waals surface area contributed by atoms with Gasteiger partial charge < -0.3 is 19.8 Å². The zero-order valence-corrected chi connectivity index (χ0v) is 20.0. The molecule has 6 heteroatoms. The Balaban J connectivity index is 2.23. The van der Waals surface area contributed by atoms with E-state index >= 15 is 0 Å². The summed E-state index contributed by atoms with van der Waals surface area (Å²) in [5.41, 5.74) is 1.69. The summed E-state index contributed by atoms with van der Waals surface area (Å²) in [7, 11) is 1.50. The van der Waals surface area contributed by atoms with E-state index in [1.165, 1.54) is 24.1 Å². The summed E-state index contributed by atoms with van der Waals surface area (Å²) >= 11 is 0. The zero-order chi connectivity index (χ0) is 24.3. The molecular weight excluding hydrogens is 418 g/mol. The third kappa shape index (κ3) is 4.90. The Bertz CT molecular complexity index is 1080. The Morgan fingerprint density at radius 1 is 1.09 bits per heavy atom. The zero-order valence-electron chi connectivity index (χ0n) is 20.0. The number of amides is 1. The molecule has 0 spiro atoms. The number of nitrogens with zero attached hydrogens (tertiary/aromatic N) is 1. The van der Waals surface area contributed by atoms with Gasteiger partial charge in [0.05, 0.1) is 24.3 Å². The number of hydrogen-bond donors (Lipinski definition) is 2. The van der Waals surface area contributed by atoms with Crippen LogP contribution >= 0.6 is 0 Å². The molecule has 1 unspecified atom stereocenters. The molecule has 0 bridgehead atoms. The SMILES string of the molecule is CCCCCN1C(=O)C(=O)/C(=C(/O)c2cc(C(C)(C)C)ccc2OC)C1c1cccc(O)c1. The van der Waals surface area contributed by atoms with Crippen molar-refractivity contribution in [3.63, 3.8) is 0 Å². The third-order valence-corrected chi connectivity index (χ3v) is 6.05. The van der Waals surface area contributed by atoms with Crippen LogP contribution < -0.4 is 4.74 Å². The molecule has 2 aromatic carbocycles. The van der Waals surface area contributed by atoms with Gasteiger partial charge in [-0.05, 0) is 47.2 Å². The van der Waals surface area contributed by atoms with Crippen LogP contribution in [0, 0.1) is 0 Å². The predicted octanol–water partition coefficient (Wildman–Crippen LogP) is 5.31. The molecular formula is C27H33NO5. The molecule has 0 aliphatic carbocycles. The fourth-order valence-electron chi connectivity index (χ4n) is 4.19. The van der Waals surface area contributed by atoms with Crippen molar-refractivity contribution in [3.8, 4) is 11.5 Å². The van der Waals surface area contributed by atoms with E-state index in [4.69, 9.17) is 4.74 Å². The van der Waals surface area contributed by atoms with Gasteiger partial charge in [0.15, 0.2) is 0 Å². The Morgan fingerprint density at radius 3 is 2.42 bits per heavy atom. The van der Waals surface area contributed by atoms with Crippen molar-refractivity contribution in [1.82, 2.24) is 4.90 Å². The molecule has 1 aliphatic rings. The molecule has 0 aromatic heterocycles. The molecule has 1 amide bonds. The van der Waals surface area contributed by atoms with E-state index in [0.717, 1.165) is 24.8 Å². The Morgan fingerprint density at radius 2 is 1.82 bits per heavy atom. The van der Waals surface area contributed by atoms with Crippen molar-refractivity contribution in [2.24, 2.45) is 0 Å². The lowest BCUT2D eigenvalue weighted by molar-refractivity contribution is -0.139. The van der Waals surface area contributed by atoms with Crippen LogP contribution in [-0.4, -0.2) is 40.5 Å². The number of phenols is 1. The minimum Gasteiger partial charge on any atom is -0.508 e. The highest BCUT2D eigenvalue weighted by Gasteiger charge is 2.46. The summed E-state index contributed by atoms with van der Waals surface area (Å²) in [6.45, 7) is 8.61. The van der Waals surface area contributed by atoms with Crippen LogP contribution in [0.3, 0.4) is 0 Å². The monoisotopic (exact) mass is 451 g/mol. The molecule has 6 nitrogen and oxygen atoms in total. The van der Waals surface area contributed by atoms with Crippen molar-refractivity contribution in [3.05, 3.63) is 64.7 Å². The molecule has 0 saturated carbocycles. The van der Waals surface area contributed by atoms with Gasteiger partial charge in [-0.2, -0.15) is 0 Å². The first-order chi connectivity index (χ1) is 15.6. The van der Waals surface area contributed by atoms with Crippen LogP contribution in [0.5, 0.6) is 11.5 Å². The number of hydrogen-bond acceptors (Lipinski definition) is 5. The van der Waals surface area contributed by atoms with Crippen molar-refractivity contribution >= 4 is 17.4 Å². The van der Waals surface area contributed by atoms with E-state index < -0.39 is 17.7 Å². The molecule has 1 aliphatic heterocycles. The molecule has 1 heterocycles. The van der Waals surface area contributed by atoms with Gasteiger partial charge in [-0.1, -0.05) is 58.7 Å². The molecule has 33 heavy (non-hydrogen) atoms. The van der Waals surface area contributed by atoms with E-state index in [1.54, 1.807) is 24.3 Å². The minimum absolute atomic E-state index is 0.00598. The normalized spacial score (nSPS) is 18.1. The van der Waals surface area contributed by atoms with Gasteiger partial charge in [0, 0.05) is 6.54 Å². The van der Waals surface area contributed by atoms with E-state index in [-0.39, 0.29) is 22.5 Å². The molecule has 3 rings (SSSR count). The number of aliphatic hydroxyl groups is 1. The number of unbranched alkanes of at least 4 members (excludes halogenated alkanes) is 2. The smallest absolute Gasteiger partial charge is 0.295 e. The van der Waals surface area contributed by atoms with Crippen LogP contribution in [-0.2, 0) is 15.0 Å². The number of phenolic OH excluding ortho intramolecular Hbond substituents is 1. The number of ether oxygens (including phenoxy) is 1. The number of aliphatic hydroxyl groups excluding tert-OH is 1. The van der Waals surface area contributed by atoms with Crippen LogP contribution in [0.2, 0.25) is 0 Å². The molecule has 2 N–H and O–H groups in total. The summed E-state index contributed by atoms with van der Waals surface area (Å²) < 4.78 is 5.48. The van der Waals surface area contributed by atoms with Crippen LogP contribution in [0.1, 0.15) is 69.7 Å². The standard InChI is InChI=1S/C27H33NO5/c1-6-7-8-14-28-23(17-10-9-11-19(29)15-17)22(25(31)26(28)32)24(30)20-16-18(27(2,3)4)12-13-21(20)33-5/h9-13,15-16,23,29-30H,6-8,14H2,1-5H3/b24-22+. The highest BCUT2D eigenvalue weighted by atomic mass is 16.5. The second kappa shape index (κ2) is 9.69. The highest BCUT2D eigenvalue weighted by Crippen LogP contribution is 2.42. The Hall–Kier alpha value is -3.28. The fourth-order valence-corrected chi connectivity index (χ4v) is 4.19. The second-order valence-corrected chi connectivity index (χ2v) is 9.46.